The second-order valence-electron chi connectivity index (χ2n) is 6.05. The molecule has 0 bridgehead atoms. The van der Waals surface area contributed by atoms with E-state index in [-0.39, 0.29) is 22.8 Å². The number of amides is 1. The second kappa shape index (κ2) is 7.54. The molecule has 0 saturated carbocycles. The molecule has 2 aromatic rings. The first-order valence-electron chi connectivity index (χ1n) is 7.80. The maximum absolute atomic E-state index is 12.8. The van der Waals surface area contributed by atoms with Gasteiger partial charge in [-0.25, -0.2) is 8.42 Å². The summed E-state index contributed by atoms with van der Waals surface area (Å²) in [5, 5.41) is 2.83. The highest BCUT2D eigenvalue weighted by molar-refractivity contribution is 7.89. The topological polar surface area (TPSA) is 101 Å². The van der Waals surface area contributed by atoms with Crippen LogP contribution in [0.5, 0.6) is 0 Å². The summed E-state index contributed by atoms with van der Waals surface area (Å²) in [5.74, 6) is -0.525. The average molecular weight is 371 g/mol. The molecular formula is C15H22N4O3S2. The molecule has 2 atom stereocenters. The number of hydrogen-bond donors (Lipinski definition) is 2. The number of benzene rings is 1. The van der Waals surface area contributed by atoms with E-state index < -0.39 is 16.1 Å². The van der Waals surface area contributed by atoms with E-state index in [1.165, 1.54) is 6.07 Å². The highest BCUT2D eigenvalue weighted by Gasteiger charge is 2.30. The average Bonchev–Trinajstić information content (AvgIpc) is 3.00. The Morgan fingerprint density at radius 2 is 1.96 bits per heavy atom. The Labute approximate surface area is 146 Å². The van der Waals surface area contributed by atoms with Crippen molar-refractivity contribution in [2.75, 3.05) is 0 Å². The Bertz CT molecular complexity index is 817. The van der Waals surface area contributed by atoms with Gasteiger partial charge in [-0.2, -0.15) is 13.5 Å². The van der Waals surface area contributed by atoms with Gasteiger partial charge in [0.05, 0.1) is 11.7 Å². The number of carbonyl (C=O) groups excluding carboxylic acids is 1. The zero-order chi connectivity index (χ0) is 17.9. The highest BCUT2D eigenvalue weighted by atomic mass is 32.2. The number of carbonyl (C=O) groups is 1. The van der Waals surface area contributed by atoms with Crippen LogP contribution in [0.4, 0.5) is 0 Å². The molecule has 24 heavy (non-hydrogen) atoms. The van der Waals surface area contributed by atoms with Gasteiger partial charge in [0.1, 0.15) is 22.0 Å². The molecule has 132 valence electrons. The highest BCUT2D eigenvalue weighted by Crippen LogP contribution is 2.21. The molecule has 0 aliphatic rings. The van der Waals surface area contributed by atoms with Crippen molar-refractivity contribution >= 4 is 38.7 Å². The maximum atomic E-state index is 12.8. The lowest BCUT2D eigenvalue weighted by Crippen LogP contribution is -2.51. The van der Waals surface area contributed by atoms with Crippen LogP contribution in [0.2, 0.25) is 0 Å². The minimum Gasteiger partial charge on any atom is -0.352 e. The molecule has 1 heterocycles. The summed E-state index contributed by atoms with van der Waals surface area (Å²) in [6, 6.07) is 3.91. The molecule has 0 aliphatic carbocycles. The van der Waals surface area contributed by atoms with E-state index in [9.17, 15) is 13.2 Å². The standard InChI is InChI=1S/C15H22N4O3S2/c1-5-10(4)16-15(20)13(9(2)3)19-24(21,22)12-8-6-7-11-14(12)18-23-17-11/h6-10,13,19H,5H2,1-4H3,(H,16,20)/t10-,13-/m0/s1. The lowest BCUT2D eigenvalue weighted by molar-refractivity contribution is -0.124. The number of rotatable bonds is 7. The van der Waals surface area contributed by atoms with Crippen LogP contribution >= 0.6 is 11.7 Å². The van der Waals surface area contributed by atoms with Crippen LogP contribution in [0.1, 0.15) is 34.1 Å². The summed E-state index contributed by atoms with van der Waals surface area (Å²) in [7, 11) is -3.90. The number of fused-ring (bicyclic) bond motifs is 1. The van der Waals surface area contributed by atoms with Crippen molar-refractivity contribution in [1.82, 2.24) is 18.8 Å². The Morgan fingerprint density at radius 3 is 2.58 bits per heavy atom. The zero-order valence-electron chi connectivity index (χ0n) is 14.1. The van der Waals surface area contributed by atoms with Crippen molar-refractivity contribution in [1.29, 1.82) is 0 Å². The first-order valence-corrected chi connectivity index (χ1v) is 10.0. The summed E-state index contributed by atoms with van der Waals surface area (Å²) in [6.45, 7) is 7.43. The first kappa shape index (κ1) is 18.8. The third-order valence-electron chi connectivity index (χ3n) is 3.77. The van der Waals surface area contributed by atoms with Gasteiger partial charge in [-0.3, -0.25) is 4.79 Å². The van der Waals surface area contributed by atoms with E-state index in [0.29, 0.717) is 11.0 Å². The van der Waals surface area contributed by atoms with E-state index in [2.05, 4.69) is 18.8 Å². The van der Waals surface area contributed by atoms with Crippen molar-refractivity contribution in [3.8, 4) is 0 Å². The molecular weight excluding hydrogens is 348 g/mol. The molecule has 0 fully saturated rings. The summed E-state index contributed by atoms with van der Waals surface area (Å²) >= 11 is 0.955. The van der Waals surface area contributed by atoms with Gasteiger partial charge in [0.2, 0.25) is 15.9 Å². The predicted molar refractivity (Wildman–Crippen MR) is 94.3 cm³/mol. The quantitative estimate of drug-likeness (QED) is 0.775. The fourth-order valence-electron chi connectivity index (χ4n) is 2.16. The smallest absolute Gasteiger partial charge is 0.243 e. The van der Waals surface area contributed by atoms with Gasteiger partial charge in [0.15, 0.2) is 0 Å². The van der Waals surface area contributed by atoms with Gasteiger partial charge in [-0.1, -0.05) is 26.8 Å². The Balaban J connectivity index is 2.31. The van der Waals surface area contributed by atoms with Crippen LogP contribution in [-0.2, 0) is 14.8 Å². The minimum atomic E-state index is -3.90. The van der Waals surface area contributed by atoms with Crippen molar-refractivity contribution in [3.05, 3.63) is 18.2 Å². The zero-order valence-corrected chi connectivity index (χ0v) is 15.7. The van der Waals surface area contributed by atoms with Gasteiger partial charge >= 0.3 is 0 Å². The number of nitrogens with one attached hydrogen (secondary N) is 2. The molecule has 1 amide bonds. The van der Waals surface area contributed by atoms with Crippen LogP contribution in [0.15, 0.2) is 23.1 Å². The van der Waals surface area contributed by atoms with Gasteiger partial charge < -0.3 is 5.32 Å². The second-order valence-corrected chi connectivity index (χ2v) is 8.26. The molecule has 2 rings (SSSR count). The van der Waals surface area contributed by atoms with Crippen LogP contribution in [0.3, 0.4) is 0 Å². The van der Waals surface area contributed by atoms with Crippen molar-refractivity contribution in [3.63, 3.8) is 0 Å². The Kier molecular flexibility index (Phi) is 5.89. The van der Waals surface area contributed by atoms with E-state index in [1.807, 2.05) is 13.8 Å². The Hall–Kier alpha value is -1.58. The molecule has 9 heteroatoms. The van der Waals surface area contributed by atoms with E-state index in [4.69, 9.17) is 0 Å². The normalized spacial score (nSPS) is 14.7. The predicted octanol–water partition coefficient (Wildman–Crippen LogP) is 1.91. The fraction of sp³-hybridized carbons (Fsp3) is 0.533. The molecule has 1 aromatic heterocycles. The maximum Gasteiger partial charge on any atom is 0.243 e. The molecule has 0 saturated heterocycles. The number of sulfonamides is 1. The third kappa shape index (κ3) is 4.08. The van der Waals surface area contributed by atoms with Gasteiger partial charge in [-0.05, 0) is 31.4 Å². The van der Waals surface area contributed by atoms with Crippen LogP contribution in [0.25, 0.3) is 11.0 Å². The minimum absolute atomic E-state index is 0.0190. The first-order chi connectivity index (χ1) is 11.3. The summed E-state index contributed by atoms with van der Waals surface area (Å²) < 4.78 is 36.2. The fourth-order valence-corrected chi connectivity index (χ4v) is 4.27. The van der Waals surface area contributed by atoms with Crippen LogP contribution in [-0.4, -0.2) is 35.2 Å². The van der Waals surface area contributed by atoms with E-state index >= 15 is 0 Å². The molecule has 0 aliphatic heterocycles. The lowest BCUT2D eigenvalue weighted by Gasteiger charge is -2.23. The third-order valence-corrected chi connectivity index (χ3v) is 5.79. The molecule has 0 spiro atoms. The SMILES string of the molecule is CC[C@H](C)NC(=O)[C@@H](NS(=O)(=O)c1cccc2nsnc12)C(C)C. The van der Waals surface area contributed by atoms with E-state index in [0.717, 1.165) is 18.1 Å². The van der Waals surface area contributed by atoms with Crippen molar-refractivity contribution < 1.29 is 13.2 Å². The largest absolute Gasteiger partial charge is 0.352 e. The van der Waals surface area contributed by atoms with Crippen LogP contribution < -0.4 is 10.0 Å². The lowest BCUT2D eigenvalue weighted by atomic mass is 10.0. The molecule has 1 aromatic carbocycles. The molecule has 0 unspecified atom stereocenters. The summed E-state index contributed by atoms with van der Waals surface area (Å²) in [4.78, 5) is 12.5. The summed E-state index contributed by atoms with van der Waals surface area (Å²) in [5.41, 5.74) is 0.841. The summed E-state index contributed by atoms with van der Waals surface area (Å²) in [6.07, 6.45) is 0.771. The van der Waals surface area contributed by atoms with Crippen LogP contribution in [0, 0.1) is 5.92 Å². The van der Waals surface area contributed by atoms with Crippen molar-refractivity contribution in [2.24, 2.45) is 5.92 Å². The number of hydrogen-bond acceptors (Lipinski definition) is 6. The van der Waals surface area contributed by atoms with Gasteiger partial charge in [-0.15, -0.1) is 0 Å². The molecule has 7 nitrogen and oxygen atoms in total. The van der Waals surface area contributed by atoms with E-state index in [1.54, 1.807) is 26.0 Å². The van der Waals surface area contributed by atoms with Gasteiger partial charge in [0.25, 0.3) is 0 Å². The van der Waals surface area contributed by atoms with Gasteiger partial charge in [0, 0.05) is 6.04 Å². The van der Waals surface area contributed by atoms with Crippen molar-refractivity contribution in [2.45, 2.75) is 51.1 Å². The number of aromatic nitrogens is 2. The molecule has 2 N–H and O–H groups in total. The molecule has 0 radical (unpaired) electrons. The monoisotopic (exact) mass is 370 g/mol. The Morgan fingerprint density at radius 1 is 1.25 bits per heavy atom. The number of nitrogens with zero attached hydrogens (tertiary/aromatic N) is 2.